The molecule has 1 aromatic rings. The van der Waals surface area contributed by atoms with E-state index in [0.717, 1.165) is 16.8 Å². The van der Waals surface area contributed by atoms with Crippen LogP contribution >= 0.6 is 0 Å². The fourth-order valence-corrected chi connectivity index (χ4v) is 1.90. The molecule has 0 bridgehead atoms. The minimum atomic E-state index is -1.26. The molecule has 1 rings (SSSR count). The lowest BCUT2D eigenvalue weighted by atomic mass is 9.99. The van der Waals surface area contributed by atoms with Crippen molar-refractivity contribution in [2.24, 2.45) is 0 Å². The summed E-state index contributed by atoms with van der Waals surface area (Å²) in [6, 6.07) is 5.33. The summed E-state index contributed by atoms with van der Waals surface area (Å²) < 4.78 is 0. The molecule has 2 N–H and O–H groups in total. The fraction of sp³-hybridized carbons (Fsp3) is 0.467. The quantitative estimate of drug-likeness (QED) is 0.889. The largest absolute Gasteiger partial charge is 0.480 e. The van der Waals surface area contributed by atoms with Gasteiger partial charge in [0, 0.05) is 12.7 Å². The number of urea groups is 1. The first-order valence-electron chi connectivity index (χ1n) is 6.57. The molecule has 0 saturated carbocycles. The smallest absolute Gasteiger partial charge is 0.329 e. The van der Waals surface area contributed by atoms with Gasteiger partial charge < -0.3 is 10.4 Å². The first kappa shape index (κ1) is 16.0. The number of nitrogens with zero attached hydrogens (tertiary/aromatic N) is 1. The minimum Gasteiger partial charge on any atom is -0.480 e. The van der Waals surface area contributed by atoms with E-state index in [9.17, 15) is 14.7 Å². The lowest BCUT2D eigenvalue weighted by molar-refractivity contribution is -0.143. The van der Waals surface area contributed by atoms with Gasteiger partial charge in [-0.1, -0.05) is 24.6 Å². The number of carboxylic acids is 1. The van der Waals surface area contributed by atoms with Gasteiger partial charge in [-0.3, -0.25) is 4.90 Å². The van der Waals surface area contributed by atoms with Gasteiger partial charge in [-0.25, -0.2) is 9.59 Å². The first-order chi connectivity index (χ1) is 9.21. The lowest BCUT2D eigenvalue weighted by Crippen LogP contribution is -2.55. The van der Waals surface area contributed by atoms with Crippen LogP contribution in [0.2, 0.25) is 0 Å². The van der Waals surface area contributed by atoms with Crippen LogP contribution in [-0.4, -0.2) is 29.7 Å². The highest BCUT2D eigenvalue weighted by atomic mass is 16.4. The zero-order valence-electron chi connectivity index (χ0n) is 12.7. The molecule has 0 fully saturated rings. The highest BCUT2D eigenvalue weighted by Gasteiger charge is 2.34. The Labute approximate surface area is 119 Å². The maximum Gasteiger partial charge on any atom is 0.329 e. The van der Waals surface area contributed by atoms with E-state index >= 15 is 0 Å². The van der Waals surface area contributed by atoms with Crippen molar-refractivity contribution in [3.05, 3.63) is 29.3 Å². The number of benzene rings is 1. The Morgan fingerprint density at radius 1 is 1.35 bits per heavy atom. The van der Waals surface area contributed by atoms with Crippen molar-refractivity contribution >= 4 is 17.7 Å². The summed E-state index contributed by atoms with van der Waals surface area (Å²) in [7, 11) is 1.63. The van der Waals surface area contributed by atoms with Crippen LogP contribution in [0.1, 0.15) is 31.4 Å². The molecule has 0 aliphatic carbocycles. The third kappa shape index (κ3) is 3.29. The zero-order valence-corrected chi connectivity index (χ0v) is 12.7. The molecule has 1 unspecified atom stereocenters. The molecule has 0 saturated heterocycles. The SMILES string of the molecule is CCC(C)(NC(=O)N(C)c1ccc(C)cc1C)C(=O)O. The van der Waals surface area contributed by atoms with Crippen LogP contribution in [0, 0.1) is 13.8 Å². The summed E-state index contributed by atoms with van der Waals surface area (Å²) >= 11 is 0. The van der Waals surface area contributed by atoms with E-state index in [1.54, 1.807) is 14.0 Å². The number of anilines is 1. The number of rotatable bonds is 4. The molecule has 20 heavy (non-hydrogen) atoms. The standard InChI is InChI=1S/C15H22N2O3/c1-6-15(4,13(18)19)16-14(20)17(5)12-8-7-10(2)9-11(12)3/h7-9H,6H2,1-5H3,(H,16,20)(H,18,19). The van der Waals surface area contributed by atoms with Gasteiger partial charge in [0.15, 0.2) is 0 Å². The van der Waals surface area contributed by atoms with Gasteiger partial charge in [0.05, 0.1) is 0 Å². The molecule has 0 aromatic heterocycles. The van der Waals surface area contributed by atoms with Crippen LogP contribution in [0.3, 0.4) is 0 Å². The third-order valence-electron chi connectivity index (χ3n) is 3.58. The first-order valence-corrected chi connectivity index (χ1v) is 6.57. The van der Waals surface area contributed by atoms with E-state index in [4.69, 9.17) is 0 Å². The van der Waals surface area contributed by atoms with E-state index in [-0.39, 0.29) is 0 Å². The summed E-state index contributed by atoms with van der Waals surface area (Å²) in [6.45, 7) is 7.13. The number of hydrogen-bond donors (Lipinski definition) is 2. The normalized spacial score (nSPS) is 13.4. The van der Waals surface area contributed by atoms with Gasteiger partial charge in [0.2, 0.25) is 0 Å². The molecule has 0 heterocycles. The van der Waals surface area contributed by atoms with E-state index in [1.165, 1.54) is 11.8 Å². The van der Waals surface area contributed by atoms with Crippen molar-refractivity contribution < 1.29 is 14.7 Å². The number of hydrogen-bond acceptors (Lipinski definition) is 2. The van der Waals surface area contributed by atoms with Crippen molar-refractivity contribution in [3.8, 4) is 0 Å². The van der Waals surface area contributed by atoms with Crippen molar-refractivity contribution in [1.29, 1.82) is 0 Å². The van der Waals surface area contributed by atoms with E-state index < -0.39 is 17.5 Å². The Hall–Kier alpha value is -2.04. The second-order valence-electron chi connectivity index (χ2n) is 5.27. The van der Waals surface area contributed by atoms with Crippen LogP contribution < -0.4 is 10.2 Å². The maximum atomic E-state index is 12.2. The third-order valence-corrected chi connectivity index (χ3v) is 3.58. The average Bonchev–Trinajstić information content (AvgIpc) is 2.37. The summed E-state index contributed by atoms with van der Waals surface area (Å²) in [5.74, 6) is -1.04. The number of nitrogens with one attached hydrogen (secondary N) is 1. The summed E-state index contributed by atoms with van der Waals surface area (Å²) in [5.41, 5.74) is 1.58. The predicted octanol–water partition coefficient (Wildman–Crippen LogP) is 2.70. The monoisotopic (exact) mass is 278 g/mol. The van der Waals surface area contributed by atoms with Crippen molar-refractivity contribution in [1.82, 2.24) is 5.32 Å². The Morgan fingerprint density at radius 2 is 1.95 bits per heavy atom. The van der Waals surface area contributed by atoms with E-state index in [1.807, 2.05) is 32.0 Å². The molecular formula is C15H22N2O3. The van der Waals surface area contributed by atoms with Crippen LogP contribution in [0.25, 0.3) is 0 Å². The van der Waals surface area contributed by atoms with Gasteiger partial charge >= 0.3 is 12.0 Å². The summed E-state index contributed by atoms with van der Waals surface area (Å²) in [4.78, 5) is 24.9. The summed E-state index contributed by atoms with van der Waals surface area (Å²) in [5, 5.41) is 11.8. The lowest BCUT2D eigenvalue weighted by Gasteiger charge is -2.28. The molecule has 0 aliphatic heterocycles. The molecule has 110 valence electrons. The van der Waals surface area contributed by atoms with Gasteiger partial charge in [-0.2, -0.15) is 0 Å². The topological polar surface area (TPSA) is 69.6 Å². The molecule has 0 aliphatic rings. The number of amides is 2. The van der Waals surface area contributed by atoms with Crippen LogP contribution in [0.5, 0.6) is 0 Å². The number of aliphatic carboxylic acids is 1. The van der Waals surface area contributed by atoms with Crippen molar-refractivity contribution in [2.45, 2.75) is 39.7 Å². The highest BCUT2D eigenvalue weighted by molar-refractivity contribution is 5.95. The number of carbonyl (C=O) groups excluding carboxylic acids is 1. The van der Waals surface area contributed by atoms with Gasteiger partial charge in [-0.15, -0.1) is 0 Å². The molecule has 5 nitrogen and oxygen atoms in total. The van der Waals surface area contributed by atoms with Gasteiger partial charge in [0.1, 0.15) is 5.54 Å². The second-order valence-corrected chi connectivity index (χ2v) is 5.27. The Kier molecular flexibility index (Phi) is 4.76. The molecule has 1 aromatic carbocycles. The average molecular weight is 278 g/mol. The summed E-state index contributed by atoms with van der Waals surface area (Å²) in [6.07, 6.45) is 0.314. The number of carboxylic acid groups (broad SMARTS) is 1. The second kappa shape index (κ2) is 5.94. The Bertz CT molecular complexity index is 528. The number of aryl methyl sites for hydroxylation is 2. The van der Waals surface area contributed by atoms with Gasteiger partial charge in [-0.05, 0) is 38.8 Å². The van der Waals surface area contributed by atoms with E-state index in [2.05, 4.69) is 5.32 Å². The maximum absolute atomic E-state index is 12.2. The Balaban J connectivity index is 2.95. The van der Waals surface area contributed by atoms with Crippen molar-refractivity contribution in [2.75, 3.05) is 11.9 Å². The molecule has 0 radical (unpaired) electrons. The van der Waals surface area contributed by atoms with Crippen LogP contribution in [0.4, 0.5) is 10.5 Å². The van der Waals surface area contributed by atoms with Crippen LogP contribution in [-0.2, 0) is 4.79 Å². The Morgan fingerprint density at radius 3 is 2.40 bits per heavy atom. The highest BCUT2D eigenvalue weighted by Crippen LogP contribution is 2.21. The molecule has 0 spiro atoms. The predicted molar refractivity (Wildman–Crippen MR) is 79.2 cm³/mol. The molecule has 5 heteroatoms. The number of carbonyl (C=O) groups is 2. The van der Waals surface area contributed by atoms with Crippen molar-refractivity contribution in [3.63, 3.8) is 0 Å². The van der Waals surface area contributed by atoms with E-state index in [0.29, 0.717) is 6.42 Å². The molecule has 1 atom stereocenters. The molecule has 2 amide bonds. The van der Waals surface area contributed by atoms with Crippen LogP contribution in [0.15, 0.2) is 18.2 Å². The minimum absolute atomic E-state index is 0.314. The van der Waals surface area contributed by atoms with Gasteiger partial charge in [0.25, 0.3) is 0 Å². The zero-order chi connectivity index (χ0) is 15.5. The fourth-order valence-electron chi connectivity index (χ4n) is 1.90. The molecular weight excluding hydrogens is 256 g/mol.